The SMILES string of the molecule is Cc1ccc(S(=O)(=O)N2C[C@@H](CN)[C@H](c3ccccc3)C2)s1. The standard InChI is InChI=1S/C16H20N2O2S2/c1-12-7-8-16(21-12)22(19,20)18-10-14(9-17)15(11-18)13-5-3-2-4-6-13/h2-8,14-15H,9-11,17H2,1H3/t14-,15+/m1/s1. The topological polar surface area (TPSA) is 63.4 Å². The third-order valence-electron chi connectivity index (χ3n) is 4.25. The highest BCUT2D eigenvalue weighted by Gasteiger charge is 2.39. The number of aryl methyl sites for hydroxylation is 1. The van der Waals surface area contributed by atoms with E-state index >= 15 is 0 Å². The van der Waals surface area contributed by atoms with E-state index in [9.17, 15) is 8.42 Å². The van der Waals surface area contributed by atoms with Gasteiger partial charge in [0, 0.05) is 23.9 Å². The van der Waals surface area contributed by atoms with Gasteiger partial charge in [0.15, 0.2) is 0 Å². The minimum atomic E-state index is -3.41. The lowest BCUT2D eigenvalue weighted by Gasteiger charge is -2.16. The van der Waals surface area contributed by atoms with Crippen molar-refractivity contribution in [1.29, 1.82) is 0 Å². The van der Waals surface area contributed by atoms with Crippen LogP contribution in [0.2, 0.25) is 0 Å². The monoisotopic (exact) mass is 336 g/mol. The molecule has 2 atom stereocenters. The molecule has 3 rings (SSSR count). The van der Waals surface area contributed by atoms with Gasteiger partial charge in [0.1, 0.15) is 4.21 Å². The molecule has 0 unspecified atom stereocenters. The molecule has 1 fully saturated rings. The van der Waals surface area contributed by atoms with Crippen molar-refractivity contribution in [2.75, 3.05) is 19.6 Å². The molecule has 4 nitrogen and oxygen atoms in total. The number of rotatable bonds is 4. The molecule has 1 saturated heterocycles. The molecule has 2 heterocycles. The summed E-state index contributed by atoms with van der Waals surface area (Å²) in [6.07, 6.45) is 0. The van der Waals surface area contributed by atoms with Crippen LogP contribution in [0.1, 0.15) is 16.4 Å². The highest BCUT2D eigenvalue weighted by Crippen LogP contribution is 2.36. The quantitative estimate of drug-likeness (QED) is 0.932. The van der Waals surface area contributed by atoms with Crippen LogP contribution in [-0.2, 0) is 10.0 Å². The zero-order chi connectivity index (χ0) is 15.7. The van der Waals surface area contributed by atoms with Gasteiger partial charge in [0.2, 0.25) is 0 Å². The summed E-state index contributed by atoms with van der Waals surface area (Å²) in [6, 6.07) is 13.6. The summed E-state index contributed by atoms with van der Waals surface area (Å²) in [7, 11) is -3.41. The normalized spacial score (nSPS) is 23.0. The fourth-order valence-electron chi connectivity index (χ4n) is 3.02. The van der Waals surface area contributed by atoms with E-state index in [1.165, 1.54) is 11.3 Å². The Hall–Kier alpha value is -1.21. The second-order valence-corrected chi connectivity index (χ2v) is 9.15. The minimum Gasteiger partial charge on any atom is -0.330 e. The van der Waals surface area contributed by atoms with Crippen LogP contribution in [0.4, 0.5) is 0 Å². The molecule has 2 N–H and O–H groups in total. The van der Waals surface area contributed by atoms with Crippen molar-refractivity contribution in [1.82, 2.24) is 4.31 Å². The first-order valence-corrected chi connectivity index (χ1v) is 9.59. The van der Waals surface area contributed by atoms with E-state index in [0.717, 1.165) is 10.4 Å². The third kappa shape index (κ3) is 2.84. The molecule has 1 aliphatic heterocycles. The Labute approximate surface area is 135 Å². The molecule has 0 saturated carbocycles. The van der Waals surface area contributed by atoms with E-state index in [2.05, 4.69) is 12.1 Å². The van der Waals surface area contributed by atoms with E-state index in [1.807, 2.05) is 31.2 Å². The van der Waals surface area contributed by atoms with Gasteiger partial charge in [-0.1, -0.05) is 30.3 Å². The van der Waals surface area contributed by atoms with Crippen LogP contribution in [0.25, 0.3) is 0 Å². The van der Waals surface area contributed by atoms with Gasteiger partial charge in [0.05, 0.1) is 0 Å². The minimum absolute atomic E-state index is 0.165. The molecule has 0 bridgehead atoms. The van der Waals surface area contributed by atoms with Gasteiger partial charge in [-0.05, 0) is 37.1 Å². The lowest BCUT2D eigenvalue weighted by molar-refractivity contribution is 0.460. The first-order chi connectivity index (χ1) is 10.5. The van der Waals surface area contributed by atoms with E-state index < -0.39 is 10.0 Å². The fourth-order valence-corrected chi connectivity index (χ4v) is 5.98. The van der Waals surface area contributed by atoms with Gasteiger partial charge in [-0.25, -0.2) is 8.42 Å². The summed E-state index contributed by atoms with van der Waals surface area (Å²) in [5, 5.41) is 0. The average molecular weight is 336 g/mol. The molecule has 22 heavy (non-hydrogen) atoms. The Morgan fingerprint density at radius 2 is 1.91 bits per heavy atom. The molecule has 118 valence electrons. The van der Waals surface area contributed by atoms with Crippen LogP contribution in [0.15, 0.2) is 46.7 Å². The number of hydrogen-bond acceptors (Lipinski definition) is 4. The maximum Gasteiger partial charge on any atom is 0.252 e. The molecular weight excluding hydrogens is 316 g/mol. The zero-order valence-electron chi connectivity index (χ0n) is 12.5. The van der Waals surface area contributed by atoms with Crippen molar-refractivity contribution in [3.63, 3.8) is 0 Å². The zero-order valence-corrected chi connectivity index (χ0v) is 14.1. The summed E-state index contributed by atoms with van der Waals surface area (Å²) in [4.78, 5) is 1.01. The predicted molar refractivity (Wildman–Crippen MR) is 89.5 cm³/mol. The second-order valence-electron chi connectivity index (χ2n) is 5.70. The Morgan fingerprint density at radius 3 is 2.50 bits per heavy atom. The summed E-state index contributed by atoms with van der Waals surface area (Å²) < 4.78 is 27.6. The molecule has 6 heteroatoms. The molecule has 1 aliphatic rings. The maximum atomic E-state index is 12.8. The van der Waals surface area contributed by atoms with Crippen molar-refractivity contribution >= 4 is 21.4 Å². The van der Waals surface area contributed by atoms with Crippen molar-refractivity contribution in [2.24, 2.45) is 11.7 Å². The number of thiophene rings is 1. The summed E-state index contributed by atoms with van der Waals surface area (Å²) in [6.45, 7) is 3.42. The molecule has 0 aliphatic carbocycles. The van der Waals surface area contributed by atoms with Crippen LogP contribution in [0.3, 0.4) is 0 Å². The molecule has 0 amide bonds. The first kappa shape index (κ1) is 15.7. The lowest BCUT2D eigenvalue weighted by Crippen LogP contribution is -2.29. The number of nitrogens with zero attached hydrogens (tertiary/aromatic N) is 1. The van der Waals surface area contributed by atoms with Gasteiger partial charge in [0.25, 0.3) is 10.0 Å². The highest BCUT2D eigenvalue weighted by molar-refractivity contribution is 7.91. The Kier molecular flexibility index (Phi) is 4.36. The van der Waals surface area contributed by atoms with Crippen LogP contribution in [0.5, 0.6) is 0 Å². The Morgan fingerprint density at radius 1 is 1.18 bits per heavy atom. The maximum absolute atomic E-state index is 12.8. The van der Waals surface area contributed by atoms with E-state index in [0.29, 0.717) is 23.8 Å². The van der Waals surface area contributed by atoms with Crippen molar-refractivity contribution < 1.29 is 8.42 Å². The molecule has 2 aromatic rings. The van der Waals surface area contributed by atoms with Crippen LogP contribution < -0.4 is 5.73 Å². The largest absolute Gasteiger partial charge is 0.330 e. The average Bonchev–Trinajstić information content (AvgIpc) is 3.14. The fraction of sp³-hybridized carbons (Fsp3) is 0.375. The third-order valence-corrected chi connectivity index (χ3v) is 7.55. The van der Waals surface area contributed by atoms with E-state index in [4.69, 9.17) is 5.73 Å². The molecule has 1 aromatic heterocycles. The highest BCUT2D eigenvalue weighted by atomic mass is 32.2. The van der Waals surface area contributed by atoms with Gasteiger partial charge >= 0.3 is 0 Å². The Bertz CT molecular complexity index is 741. The van der Waals surface area contributed by atoms with Crippen LogP contribution >= 0.6 is 11.3 Å². The van der Waals surface area contributed by atoms with Crippen LogP contribution in [0, 0.1) is 12.8 Å². The number of hydrogen-bond donors (Lipinski definition) is 1. The van der Waals surface area contributed by atoms with Crippen molar-refractivity contribution in [3.05, 3.63) is 52.9 Å². The molecule has 1 aromatic carbocycles. The molecule has 0 spiro atoms. The van der Waals surface area contributed by atoms with Gasteiger partial charge in [-0.2, -0.15) is 4.31 Å². The van der Waals surface area contributed by atoms with Crippen molar-refractivity contribution in [2.45, 2.75) is 17.1 Å². The lowest BCUT2D eigenvalue weighted by atomic mass is 9.89. The predicted octanol–water partition coefficient (Wildman–Crippen LogP) is 2.42. The second kappa shape index (κ2) is 6.12. The number of benzene rings is 1. The van der Waals surface area contributed by atoms with Gasteiger partial charge in [-0.3, -0.25) is 0 Å². The smallest absolute Gasteiger partial charge is 0.252 e. The Balaban J connectivity index is 1.88. The van der Waals surface area contributed by atoms with E-state index in [-0.39, 0.29) is 11.8 Å². The summed E-state index contributed by atoms with van der Waals surface area (Å²) in [5.41, 5.74) is 7.06. The number of nitrogens with two attached hydrogens (primary N) is 1. The van der Waals surface area contributed by atoms with Crippen LogP contribution in [-0.4, -0.2) is 32.4 Å². The number of sulfonamides is 1. The summed E-state index contributed by atoms with van der Waals surface area (Å²) in [5.74, 6) is 0.334. The first-order valence-electron chi connectivity index (χ1n) is 7.34. The summed E-state index contributed by atoms with van der Waals surface area (Å²) >= 11 is 1.33. The van der Waals surface area contributed by atoms with E-state index in [1.54, 1.807) is 10.4 Å². The molecular formula is C16H20N2O2S2. The van der Waals surface area contributed by atoms with Gasteiger partial charge in [-0.15, -0.1) is 11.3 Å². The van der Waals surface area contributed by atoms with Crippen molar-refractivity contribution in [3.8, 4) is 0 Å². The molecule has 0 radical (unpaired) electrons. The van der Waals surface area contributed by atoms with Gasteiger partial charge < -0.3 is 5.73 Å².